The van der Waals surface area contributed by atoms with Gasteiger partial charge in [0, 0.05) is 49.7 Å². The largest absolute Gasteiger partial charge is 0.444 e. The topological polar surface area (TPSA) is 109 Å². The van der Waals surface area contributed by atoms with Gasteiger partial charge in [0.25, 0.3) is 0 Å². The minimum absolute atomic E-state index is 0.0320. The summed E-state index contributed by atoms with van der Waals surface area (Å²) in [7, 11) is 4.04. The molecule has 0 radical (unpaired) electrons. The SMILES string of the molecule is Cc1cc(N(C)C)ccc1-c1cc2c(N[C@H]3CC[C@H](NC(=O)OC(C)(C)C)CC3)c(C(N)=Nc3cc(F)ccc3Cl)cnn2c1. The van der Waals surface area contributed by atoms with Crippen molar-refractivity contribution < 1.29 is 13.9 Å². The first-order valence-electron chi connectivity index (χ1n) is 15.1. The lowest BCUT2D eigenvalue weighted by atomic mass is 9.91. The molecule has 0 spiro atoms. The van der Waals surface area contributed by atoms with Crippen LogP contribution in [-0.4, -0.2) is 53.3 Å². The molecule has 1 fully saturated rings. The standard InChI is InChI=1S/C34H41ClFN7O2/c1-20-15-25(42(5)6)12-13-26(20)21-16-30-31(39-23-8-10-24(11-9-23)40-33(44)45-34(2,3)4)27(18-38-43(30)19-21)32(37)41-29-17-22(36)7-14-28(29)35/h7,12-19,23-24,39H,8-11H2,1-6H3,(H2,37,41)(H,40,44)/t23-,24-. The Kier molecular flexibility index (Phi) is 9.25. The van der Waals surface area contributed by atoms with Crippen LogP contribution in [0.2, 0.25) is 5.02 Å². The van der Waals surface area contributed by atoms with Crippen LogP contribution in [0.4, 0.5) is 26.2 Å². The third-order valence-electron chi connectivity index (χ3n) is 7.90. The van der Waals surface area contributed by atoms with Gasteiger partial charge in [-0.05, 0) is 94.8 Å². The van der Waals surface area contributed by atoms with E-state index in [4.69, 9.17) is 22.1 Å². The van der Waals surface area contributed by atoms with E-state index < -0.39 is 17.5 Å². The Morgan fingerprint density at radius 1 is 1.11 bits per heavy atom. The van der Waals surface area contributed by atoms with Crippen LogP contribution in [0.5, 0.6) is 0 Å². The number of aliphatic imine (C=N–C) groups is 1. The lowest BCUT2D eigenvalue weighted by Crippen LogP contribution is -2.42. The van der Waals surface area contributed by atoms with E-state index in [2.05, 4.69) is 56.8 Å². The summed E-state index contributed by atoms with van der Waals surface area (Å²) in [5.74, 6) is -0.295. The molecule has 2 aromatic carbocycles. The van der Waals surface area contributed by atoms with Gasteiger partial charge in [-0.15, -0.1) is 0 Å². The van der Waals surface area contributed by atoms with Crippen molar-refractivity contribution in [3.8, 4) is 11.1 Å². The van der Waals surface area contributed by atoms with E-state index in [1.807, 2.05) is 45.6 Å². The molecule has 1 aliphatic carbocycles. The lowest BCUT2D eigenvalue weighted by Gasteiger charge is -2.31. The zero-order valence-electron chi connectivity index (χ0n) is 26.6. The van der Waals surface area contributed by atoms with Gasteiger partial charge in [0.05, 0.1) is 33.7 Å². The Balaban J connectivity index is 1.48. The second kappa shape index (κ2) is 13.0. The van der Waals surface area contributed by atoms with Crippen LogP contribution in [0.1, 0.15) is 57.6 Å². The van der Waals surface area contributed by atoms with Crippen LogP contribution in [0.15, 0.2) is 59.9 Å². The first-order chi connectivity index (χ1) is 21.3. The molecule has 1 aliphatic rings. The maximum absolute atomic E-state index is 14.0. The maximum Gasteiger partial charge on any atom is 0.407 e. The van der Waals surface area contributed by atoms with Crippen molar-refractivity contribution >= 4 is 46.1 Å². The number of rotatable bonds is 7. The molecule has 0 saturated heterocycles. The highest BCUT2D eigenvalue weighted by molar-refractivity contribution is 6.33. The van der Waals surface area contributed by atoms with Gasteiger partial charge in [0.2, 0.25) is 0 Å². The van der Waals surface area contributed by atoms with E-state index in [1.54, 1.807) is 6.20 Å². The number of hydrogen-bond donors (Lipinski definition) is 3. The molecule has 238 valence electrons. The first kappa shape index (κ1) is 32.1. The van der Waals surface area contributed by atoms with Gasteiger partial charge < -0.3 is 26.0 Å². The average Bonchev–Trinajstić information content (AvgIpc) is 3.39. The number of alkyl carbamates (subject to hydrolysis) is 1. The Labute approximate surface area is 268 Å². The zero-order chi connectivity index (χ0) is 32.5. The quantitative estimate of drug-likeness (QED) is 0.144. The second-order valence-corrected chi connectivity index (χ2v) is 13.2. The number of benzene rings is 2. The van der Waals surface area contributed by atoms with Gasteiger partial charge in [-0.1, -0.05) is 17.7 Å². The Bertz CT molecular complexity index is 1740. The van der Waals surface area contributed by atoms with E-state index in [-0.39, 0.29) is 23.6 Å². The Morgan fingerprint density at radius 3 is 2.49 bits per heavy atom. The fourth-order valence-corrected chi connectivity index (χ4v) is 5.78. The highest BCUT2D eigenvalue weighted by Gasteiger charge is 2.26. The Morgan fingerprint density at radius 2 is 1.82 bits per heavy atom. The minimum atomic E-state index is -0.549. The predicted molar refractivity (Wildman–Crippen MR) is 181 cm³/mol. The fraction of sp³-hybridized carbons (Fsp3) is 0.382. The van der Waals surface area contributed by atoms with Gasteiger partial charge >= 0.3 is 6.09 Å². The molecule has 45 heavy (non-hydrogen) atoms. The molecular formula is C34H41ClFN7O2. The molecule has 11 heteroatoms. The van der Waals surface area contributed by atoms with Crippen molar-refractivity contribution in [2.75, 3.05) is 24.3 Å². The third-order valence-corrected chi connectivity index (χ3v) is 8.22. The van der Waals surface area contributed by atoms with Crippen LogP contribution < -0.4 is 21.3 Å². The number of amidine groups is 1. The van der Waals surface area contributed by atoms with Crippen molar-refractivity contribution in [1.29, 1.82) is 0 Å². The maximum atomic E-state index is 14.0. The molecule has 2 heterocycles. The van der Waals surface area contributed by atoms with Crippen LogP contribution in [0.25, 0.3) is 16.6 Å². The molecule has 0 unspecified atom stereocenters. The smallest absolute Gasteiger partial charge is 0.407 e. The molecular weight excluding hydrogens is 593 g/mol. The lowest BCUT2D eigenvalue weighted by molar-refractivity contribution is 0.0492. The fourth-order valence-electron chi connectivity index (χ4n) is 5.62. The Hall–Kier alpha value is -4.31. The van der Waals surface area contributed by atoms with Crippen molar-refractivity contribution in [3.63, 3.8) is 0 Å². The number of hydrogen-bond acceptors (Lipinski definition) is 6. The highest BCUT2D eigenvalue weighted by Crippen LogP contribution is 2.34. The number of halogens is 2. The summed E-state index contributed by atoms with van der Waals surface area (Å²) in [6.45, 7) is 7.65. The van der Waals surface area contributed by atoms with Gasteiger partial charge in [0.15, 0.2) is 0 Å². The number of carbonyl (C=O) groups excluding carboxylic acids is 1. The summed E-state index contributed by atoms with van der Waals surface area (Å²) in [5, 5.41) is 11.7. The number of fused-ring (bicyclic) bond motifs is 1. The van der Waals surface area contributed by atoms with Gasteiger partial charge in [-0.3, -0.25) is 0 Å². The van der Waals surface area contributed by atoms with E-state index in [0.717, 1.165) is 59.3 Å². The van der Waals surface area contributed by atoms with Crippen LogP contribution >= 0.6 is 11.6 Å². The summed E-state index contributed by atoms with van der Waals surface area (Å²) < 4.78 is 21.3. The predicted octanol–water partition coefficient (Wildman–Crippen LogP) is 7.45. The molecule has 0 atom stereocenters. The van der Waals surface area contributed by atoms with E-state index in [9.17, 15) is 9.18 Å². The van der Waals surface area contributed by atoms with Gasteiger partial charge in [-0.25, -0.2) is 18.7 Å². The molecule has 4 N–H and O–H groups in total. The molecule has 0 bridgehead atoms. The molecule has 1 amide bonds. The van der Waals surface area contributed by atoms with Crippen molar-refractivity contribution in [2.24, 2.45) is 10.7 Å². The summed E-state index contributed by atoms with van der Waals surface area (Å²) in [4.78, 5) is 18.9. The molecule has 5 rings (SSSR count). The first-order valence-corrected chi connectivity index (χ1v) is 15.5. The van der Waals surface area contributed by atoms with Gasteiger partial charge in [-0.2, -0.15) is 5.10 Å². The number of ether oxygens (including phenoxy) is 1. The summed E-state index contributed by atoms with van der Waals surface area (Å²) >= 11 is 6.31. The molecule has 1 saturated carbocycles. The second-order valence-electron chi connectivity index (χ2n) is 12.8. The number of anilines is 2. The number of nitrogens with one attached hydrogen (secondary N) is 2. The van der Waals surface area contributed by atoms with E-state index in [1.165, 1.54) is 18.2 Å². The third kappa shape index (κ3) is 7.68. The number of nitrogens with zero attached hydrogens (tertiary/aromatic N) is 4. The normalized spacial score (nSPS) is 17.3. The number of nitrogens with two attached hydrogens (primary N) is 1. The zero-order valence-corrected chi connectivity index (χ0v) is 27.4. The van der Waals surface area contributed by atoms with Crippen LogP contribution in [0, 0.1) is 12.7 Å². The van der Waals surface area contributed by atoms with Crippen molar-refractivity contribution in [3.05, 3.63) is 76.8 Å². The summed E-state index contributed by atoms with van der Waals surface area (Å²) in [5.41, 5.74) is 12.8. The number of carbonyl (C=O) groups is 1. The summed E-state index contributed by atoms with van der Waals surface area (Å²) in [6.07, 6.45) is 6.49. The highest BCUT2D eigenvalue weighted by atomic mass is 35.5. The molecule has 0 aliphatic heterocycles. The van der Waals surface area contributed by atoms with E-state index >= 15 is 0 Å². The number of aromatic nitrogens is 2. The number of aryl methyl sites for hydroxylation is 1. The monoisotopic (exact) mass is 633 g/mol. The van der Waals surface area contributed by atoms with Crippen molar-refractivity contribution in [2.45, 2.75) is 71.1 Å². The number of amides is 1. The van der Waals surface area contributed by atoms with Crippen molar-refractivity contribution in [1.82, 2.24) is 14.9 Å². The molecule has 2 aromatic heterocycles. The summed E-state index contributed by atoms with van der Waals surface area (Å²) in [6, 6.07) is 12.6. The molecule has 9 nitrogen and oxygen atoms in total. The average molecular weight is 634 g/mol. The minimum Gasteiger partial charge on any atom is -0.444 e. The molecule has 4 aromatic rings. The van der Waals surface area contributed by atoms with E-state index in [0.29, 0.717) is 10.6 Å². The van der Waals surface area contributed by atoms with Crippen LogP contribution in [-0.2, 0) is 4.74 Å². The van der Waals surface area contributed by atoms with Gasteiger partial charge in [0.1, 0.15) is 17.3 Å². The van der Waals surface area contributed by atoms with Crippen LogP contribution in [0.3, 0.4) is 0 Å².